The van der Waals surface area contributed by atoms with Gasteiger partial charge in [0.1, 0.15) is 18.3 Å². The molecule has 5 atom stereocenters. The first-order valence-electron chi connectivity index (χ1n) is 3.48. The van der Waals surface area contributed by atoms with Crippen LogP contribution in [0.4, 0.5) is 0 Å². The number of hydrogen-bond acceptors (Lipinski definition) is 6. The molecule has 1 aliphatic heterocycles. The summed E-state index contributed by atoms with van der Waals surface area (Å²) in [6, 6.07) is 0. The molecular weight excluding hydrogens is 168 g/mol. The van der Waals surface area contributed by atoms with Gasteiger partial charge < -0.3 is 29.9 Å². The maximum Gasteiger partial charge on any atom is 0.188 e. The first-order valence-corrected chi connectivity index (χ1v) is 3.48. The number of ether oxygens (including phenoxy) is 2. The minimum atomic E-state index is -1.53. The van der Waals surface area contributed by atoms with Gasteiger partial charge in [-0.2, -0.15) is 0 Å². The van der Waals surface area contributed by atoms with Gasteiger partial charge in [-0.3, -0.25) is 0 Å². The molecule has 72 valence electrons. The second-order valence-electron chi connectivity index (χ2n) is 2.60. The zero-order valence-corrected chi connectivity index (χ0v) is 6.49. The van der Waals surface area contributed by atoms with E-state index in [9.17, 15) is 0 Å². The molecule has 1 saturated heterocycles. The molecule has 12 heavy (non-hydrogen) atoms. The molecule has 0 saturated carbocycles. The Kier molecular flexibility index (Phi) is 2.99. The smallest absolute Gasteiger partial charge is 0.188 e. The molecule has 6 nitrogen and oxygen atoms in total. The van der Waals surface area contributed by atoms with Gasteiger partial charge >= 0.3 is 0 Å². The minimum Gasteiger partial charge on any atom is -0.387 e. The lowest BCUT2D eigenvalue weighted by Gasteiger charge is -2.37. The van der Waals surface area contributed by atoms with E-state index >= 15 is 0 Å². The highest BCUT2D eigenvalue weighted by Gasteiger charge is 2.43. The van der Waals surface area contributed by atoms with Gasteiger partial charge in [-0.25, -0.2) is 0 Å². The molecule has 4 N–H and O–H groups in total. The van der Waals surface area contributed by atoms with Crippen molar-refractivity contribution < 1.29 is 29.9 Å². The van der Waals surface area contributed by atoms with E-state index in [4.69, 9.17) is 20.4 Å². The molecule has 0 amide bonds. The van der Waals surface area contributed by atoms with Crippen LogP contribution in [0.15, 0.2) is 0 Å². The van der Waals surface area contributed by atoms with Crippen molar-refractivity contribution in [3.05, 3.63) is 0 Å². The van der Waals surface area contributed by atoms with Gasteiger partial charge in [0.15, 0.2) is 12.6 Å². The Morgan fingerprint density at radius 2 is 1.58 bits per heavy atom. The van der Waals surface area contributed by atoms with E-state index in [1.807, 2.05) is 0 Å². The second-order valence-corrected chi connectivity index (χ2v) is 2.60. The Labute approximate surface area is 69.0 Å². The van der Waals surface area contributed by atoms with Crippen molar-refractivity contribution in [2.24, 2.45) is 0 Å². The van der Waals surface area contributed by atoms with Crippen LogP contribution in [0.5, 0.6) is 0 Å². The molecule has 0 spiro atoms. The third kappa shape index (κ3) is 1.58. The molecule has 6 heteroatoms. The fraction of sp³-hybridized carbons (Fsp3) is 1.00. The predicted octanol–water partition coefficient (Wildman–Crippen LogP) is -2.61. The zero-order valence-electron chi connectivity index (χ0n) is 6.49. The molecule has 1 heterocycles. The first-order chi connectivity index (χ1) is 5.57. The number of rotatable bonds is 1. The summed E-state index contributed by atoms with van der Waals surface area (Å²) in [6.07, 6.45) is -6.97. The molecule has 1 unspecified atom stereocenters. The number of methoxy groups -OCH3 is 1. The summed E-state index contributed by atoms with van der Waals surface area (Å²) in [4.78, 5) is 0. The fourth-order valence-electron chi connectivity index (χ4n) is 1.03. The molecule has 1 aliphatic rings. The summed E-state index contributed by atoms with van der Waals surface area (Å²) in [7, 11) is 1.25. The SMILES string of the molecule is CO[C@H]1OC(O)[C@@H](O)[C@@H](O)[C@H]1O. The lowest BCUT2D eigenvalue weighted by atomic mass is 10.0. The maximum atomic E-state index is 9.15. The lowest BCUT2D eigenvalue weighted by Crippen LogP contribution is -2.57. The van der Waals surface area contributed by atoms with Gasteiger partial charge in [-0.05, 0) is 0 Å². The van der Waals surface area contributed by atoms with Crippen LogP contribution in [-0.4, -0.2) is 58.4 Å². The summed E-state index contributed by atoms with van der Waals surface area (Å²) >= 11 is 0. The van der Waals surface area contributed by atoms with Crippen molar-refractivity contribution in [3.8, 4) is 0 Å². The molecule has 1 rings (SSSR count). The van der Waals surface area contributed by atoms with Gasteiger partial charge in [0.2, 0.25) is 0 Å². The van der Waals surface area contributed by atoms with Crippen molar-refractivity contribution in [1.29, 1.82) is 0 Å². The largest absolute Gasteiger partial charge is 0.387 e. The van der Waals surface area contributed by atoms with Gasteiger partial charge in [0.05, 0.1) is 0 Å². The van der Waals surface area contributed by atoms with Crippen LogP contribution in [0.25, 0.3) is 0 Å². The van der Waals surface area contributed by atoms with Crippen LogP contribution in [0.1, 0.15) is 0 Å². The van der Waals surface area contributed by atoms with Crippen LogP contribution in [-0.2, 0) is 9.47 Å². The van der Waals surface area contributed by atoms with Crippen molar-refractivity contribution >= 4 is 0 Å². The van der Waals surface area contributed by atoms with E-state index in [0.29, 0.717) is 0 Å². The van der Waals surface area contributed by atoms with Crippen molar-refractivity contribution in [1.82, 2.24) is 0 Å². The van der Waals surface area contributed by atoms with E-state index in [1.165, 1.54) is 7.11 Å². The summed E-state index contributed by atoms with van der Waals surface area (Å²) in [5.74, 6) is 0. The maximum absolute atomic E-state index is 9.15. The number of aliphatic hydroxyl groups excluding tert-OH is 4. The summed E-state index contributed by atoms with van der Waals surface area (Å²) in [6.45, 7) is 0. The molecule has 0 aromatic carbocycles. The Balaban J connectivity index is 2.63. The van der Waals surface area contributed by atoms with Crippen molar-refractivity contribution in [2.75, 3.05) is 7.11 Å². The molecule has 0 aromatic heterocycles. The Hall–Kier alpha value is -0.240. The van der Waals surface area contributed by atoms with Gasteiger partial charge in [-0.1, -0.05) is 0 Å². The molecule has 0 bridgehead atoms. The summed E-state index contributed by atoms with van der Waals surface area (Å²) in [5.41, 5.74) is 0. The van der Waals surface area contributed by atoms with Crippen LogP contribution in [0.2, 0.25) is 0 Å². The van der Waals surface area contributed by atoms with Crippen molar-refractivity contribution in [2.45, 2.75) is 30.9 Å². The molecular formula is C6H12O6. The topological polar surface area (TPSA) is 99.4 Å². The third-order valence-corrected chi connectivity index (χ3v) is 1.78. The normalized spacial score (nSPS) is 49.2. The minimum absolute atomic E-state index is 1.11. The first kappa shape index (κ1) is 9.85. The van der Waals surface area contributed by atoms with Crippen molar-refractivity contribution in [3.63, 3.8) is 0 Å². The predicted molar refractivity (Wildman–Crippen MR) is 35.9 cm³/mol. The van der Waals surface area contributed by atoms with Gasteiger partial charge in [0, 0.05) is 7.11 Å². The highest BCUT2D eigenvalue weighted by molar-refractivity contribution is 4.84. The number of aliphatic hydroxyl groups is 4. The lowest BCUT2D eigenvalue weighted by molar-refractivity contribution is -0.334. The molecule has 0 aliphatic carbocycles. The van der Waals surface area contributed by atoms with Gasteiger partial charge in [-0.15, -0.1) is 0 Å². The standard InChI is InChI=1S/C6H12O6/c1-11-6-4(9)2(7)3(8)5(10)12-6/h2-10H,1H3/t2-,3+,4-,5?,6+/m1/s1. The van der Waals surface area contributed by atoms with E-state index in [-0.39, 0.29) is 0 Å². The summed E-state index contributed by atoms with van der Waals surface area (Å²) in [5, 5.41) is 36.2. The molecule has 0 aromatic rings. The highest BCUT2D eigenvalue weighted by Crippen LogP contribution is 2.19. The van der Waals surface area contributed by atoms with E-state index in [0.717, 1.165) is 0 Å². The number of hydrogen-bond donors (Lipinski definition) is 4. The zero-order chi connectivity index (χ0) is 9.30. The third-order valence-electron chi connectivity index (χ3n) is 1.78. The van der Waals surface area contributed by atoms with Crippen LogP contribution >= 0.6 is 0 Å². The average molecular weight is 180 g/mol. The van der Waals surface area contributed by atoms with Crippen LogP contribution in [0, 0.1) is 0 Å². The second kappa shape index (κ2) is 3.65. The Morgan fingerprint density at radius 3 is 2.08 bits per heavy atom. The monoisotopic (exact) mass is 180 g/mol. The Morgan fingerprint density at radius 1 is 1.00 bits per heavy atom. The van der Waals surface area contributed by atoms with Crippen LogP contribution < -0.4 is 0 Å². The average Bonchev–Trinajstić information content (AvgIpc) is 2.08. The molecule has 1 fully saturated rings. The molecule has 0 radical (unpaired) electrons. The quantitative estimate of drug-likeness (QED) is 0.353. The van der Waals surface area contributed by atoms with Crippen LogP contribution in [0.3, 0.4) is 0 Å². The van der Waals surface area contributed by atoms with E-state index in [2.05, 4.69) is 9.47 Å². The van der Waals surface area contributed by atoms with Gasteiger partial charge in [0.25, 0.3) is 0 Å². The Bertz CT molecular complexity index is 146. The highest BCUT2D eigenvalue weighted by atomic mass is 16.7. The van der Waals surface area contributed by atoms with E-state index in [1.54, 1.807) is 0 Å². The summed E-state index contributed by atoms with van der Waals surface area (Å²) < 4.78 is 9.19. The van der Waals surface area contributed by atoms with E-state index < -0.39 is 30.9 Å². The fourth-order valence-corrected chi connectivity index (χ4v) is 1.03.